The van der Waals surface area contributed by atoms with Crippen molar-refractivity contribution in [2.75, 3.05) is 7.11 Å². The number of carbonyl (C=O) groups excluding carboxylic acids is 1. The number of rotatable bonds is 9. The van der Waals surface area contributed by atoms with Crippen LogP contribution in [0.25, 0.3) is 0 Å². The van der Waals surface area contributed by atoms with Gasteiger partial charge in [-0.05, 0) is 67.1 Å². The molecule has 0 unspecified atom stereocenters. The van der Waals surface area contributed by atoms with E-state index in [0.29, 0.717) is 30.6 Å². The molecule has 2 aromatic carbocycles. The molecule has 0 amide bonds. The highest BCUT2D eigenvalue weighted by Gasteiger charge is 2.08. The number of hydrogen-bond acceptors (Lipinski definition) is 3. The lowest BCUT2D eigenvalue weighted by Crippen LogP contribution is -2.02. The molecule has 0 saturated carbocycles. The number of aromatic hydroxyl groups is 1. The maximum Gasteiger partial charge on any atom is 0.160 e. The number of phenols is 1. The minimum atomic E-state index is -0.266. The van der Waals surface area contributed by atoms with Crippen molar-refractivity contribution < 1.29 is 19.0 Å². The van der Waals surface area contributed by atoms with Gasteiger partial charge in [-0.15, -0.1) is 0 Å². The Bertz CT molecular complexity index is 731. The zero-order valence-electron chi connectivity index (χ0n) is 14.2. The number of unbranched alkanes of at least 4 members (excludes halogenated alkanes) is 1. The SMILES string of the molecule is COc1cc(CCCCC(=O)CCc2cc(Br)ccc2F)ccc1O. The number of benzene rings is 2. The molecule has 5 heteroatoms. The molecule has 2 aromatic rings. The summed E-state index contributed by atoms with van der Waals surface area (Å²) in [4.78, 5) is 12.0. The van der Waals surface area contributed by atoms with Crippen LogP contribution in [0.4, 0.5) is 4.39 Å². The summed E-state index contributed by atoms with van der Waals surface area (Å²) in [5.74, 6) is 0.478. The number of halogens is 2. The van der Waals surface area contributed by atoms with Gasteiger partial charge < -0.3 is 9.84 Å². The van der Waals surface area contributed by atoms with Crippen LogP contribution in [-0.2, 0) is 17.6 Å². The Morgan fingerprint density at radius 3 is 2.68 bits per heavy atom. The molecule has 0 radical (unpaired) electrons. The molecular weight excluding hydrogens is 387 g/mol. The summed E-state index contributed by atoms with van der Waals surface area (Å²) in [5, 5.41) is 9.57. The molecule has 0 atom stereocenters. The van der Waals surface area contributed by atoms with Gasteiger partial charge in [-0.2, -0.15) is 0 Å². The Morgan fingerprint density at radius 2 is 1.92 bits per heavy atom. The van der Waals surface area contributed by atoms with Crippen LogP contribution in [0.15, 0.2) is 40.9 Å². The minimum Gasteiger partial charge on any atom is -0.504 e. The van der Waals surface area contributed by atoms with Gasteiger partial charge in [0.1, 0.15) is 11.6 Å². The summed E-state index contributed by atoms with van der Waals surface area (Å²) in [6, 6.07) is 10.1. The Hall–Kier alpha value is -1.88. The van der Waals surface area contributed by atoms with Gasteiger partial charge in [0.05, 0.1) is 7.11 Å². The second kappa shape index (κ2) is 9.56. The monoisotopic (exact) mass is 408 g/mol. The fraction of sp³-hybridized carbons (Fsp3) is 0.350. The van der Waals surface area contributed by atoms with Gasteiger partial charge in [0.2, 0.25) is 0 Å². The van der Waals surface area contributed by atoms with Crippen LogP contribution in [0.1, 0.15) is 36.8 Å². The third-order valence-corrected chi connectivity index (χ3v) is 4.59. The van der Waals surface area contributed by atoms with E-state index in [-0.39, 0.29) is 17.3 Å². The van der Waals surface area contributed by atoms with Gasteiger partial charge in [0.15, 0.2) is 11.5 Å². The summed E-state index contributed by atoms with van der Waals surface area (Å²) in [6.07, 6.45) is 3.79. The van der Waals surface area contributed by atoms with E-state index >= 15 is 0 Å². The molecule has 3 nitrogen and oxygen atoms in total. The van der Waals surface area contributed by atoms with Crippen molar-refractivity contribution in [3.8, 4) is 11.5 Å². The van der Waals surface area contributed by atoms with Gasteiger partial charge in [0, 0.05) is 17.3 Å². The highest BCUT2D eigenvalue weighted by molar-refractivity contribution is 9.10. The van der Waals surface area contributed by atoms with Gasteiger partial charge in [-0.25, -0.2) is 4.39 Å². The van der Waals surface area contributed by atoms with Crippen LogP contribution in [-0.4, -0.2) is 18.0 Å². The number of carbonyl (C=O) groups is 1. The highest BCUT2D eigenvalue weighted by atomic mass is 79.9. The number of Topliss-reactive ketones (excluding diaryl/α,β-unsaturated/α-hetero) is 1. The van der Waals surface area contributed by atoms with Crippen LogP contribution in [0.5, 0.6) is 11.5 Å². The van der Waals surface area contributed by atoms with E-state index in [0.717, 1.165) is 29.3 Å². The van der Waals surface area contributed by atoms with Crippen LogP contribution in [0.3, 0.4) is 0 Å². The number of aryl methyl sites for hydroxylation is 2. The minimum absolute atomic E-state index is 0.126. The summed E-state index contributed by atoms with van der Waals surface area (Å²) >= 11 is 3.32. The molecule has 0 heterocycles. The van der Waals surface area contributed by atoms with Crippen LogP contribution in [0, 0.1) is 5.82 Å². The fourth-order valence-corrected chi connectivity index (χ4v) is 3.07. The lowest BCUT2D eigenvalue weighted by molar-refractivity contribution is -0.119. The number of hydrogen-bond donors (Lipinski definition) is 1. The fourth-order valence-electron chi connectivity index (χ4n) is 2.66. The van der Waals surface area contributed by atoms with Crippen molar-refractivity contribution in [1.82, 2.24) is 0 Å². The molecule has 0 aliphatic rings. The van der Waals surface area contributed by atoms with Gasteiger partial charge in [-0.3, -0.25) is 4.79 Å². The average Bonchev–Trinajstić information content (AvgIpc) is 2.60. The van der Waals surface area contributed by atoms with E-state index in [1.54, 1.807) is 18.2 Å². The van der Waals surface area contributed by atoms with Crippen molar-refractivity contribution in [3.05, 3.63) is 57.8 Å². The molecule has 0 spiro atoms. The smallest absolute Gasteiger partial charge is 0.160 e. The predicted octanol–water partition coefficient (Wildman–Crippen LogP) is 5.22. The quantitative estimate of drug-likeness (QED) is 0.578. The average molecular weight is 409 g/mol. The zero-order chi connectivity index (χ0) is 18.2. The number of ether oxygens (including phenoxy) is 1. The van der Waals surface area contributed by atoms with E-state index in [1.807, 2.05) is 12.1 Å². The first-order chi connectivity index (χ1) is 12.0. The van der Waals surface area contributed by atoms with Crippen LogP contribution in [0.2, 0.25) is 0 Å². The number of phenolic OH excluding ortho intramolecular Hbond substituents is 1. The van der Waals surface area contributed by atoms with Crippen molar-refractivity contribution >= 4 is 21.7 Å². The predicted molar refractivity (Wildman–Crippen MR) is 99.6 cm³/mol. The third kappa shape index (κ3) is 6.16. The second-order valence-electron chi connectivity index (χ2n) is 5.99. The molecule has 0 fully saturated rings. The Balaban J connectivity index is 1.71. The number of methoxy groups -OCH3 is 1. The normalized spacial score (nSPS) is 10.7. The lowest BCUT2D eigenvalue weighted by atomic mass is 10.0. The van der Waals surface area contributed by atoms with Crippen LogP contribution >= 0.6 is 15.9 Å². The highest BCUT2D eigenvalue weighted by Crippen LogP contribution is 2.27. The van der Waals surface area contributed by atoms with E-state index in [1.165, 1.54) is 13.2 Å². The molecule has 134 valence electrons. The van der Waals surface area contributed by atoms with Crippen LogP contribution < -0.4 is 4.74 Å². The van der Waals surface area contributed by atoms with Gasteiger partial charge in [0.25, 0.3) is 0 Å². The molecular formula is C20H22BrFO3. The summed E-state index contributed by atoms with van der Waals surface area (Å²) < 4.78 is 19.5. The molecule has 0 aliphatic carbocycles. The van der Waals surface area contributed by atoms with Crippen molar-refractivity contribution in [3.63, 3.8) is 0 Å². The molecule has 1 N–H and O–H groups in total. The molecule has 0 bridgehead atoms. The van der Waals surface area contributed by atoms with E-state index in [2.05, 4.69) is 15.9 Å². The lowest BCUT2D eigenvalue weighted by Gasteiger charge is -2.07. The summed E-state index contributed by atoms with van der Waals surface area (Å²) in [6.45, 7) is 0. The first-order valence-electron chi connectivity index (χ1n) is 8.31. The molecule has 2 rings (SSSR count). The Morgan fingerprint density at radius 1 is 1.12 bits per heavy atom. The van der Waals surface area contributed by atoms with E-state index < -0.39 is 0 Å². The topological polar surface area (TPSA) is 46.5 Å². The maximum absolute atomic E-state index is 13.6. The maximum atomic E-state index is 13.6. The standard InChI is InChI=1S/C20H22BrFO3/c1-25-20-12-14(6-11-19(20)24)4-2-3-5-17(23)9-7-15-13-16(21)8-10-18(15)22/h6,8,10-13,24H,2-5,7,9H2,1H3. The second-order valence-corrected chi connectivity index (χ2v) is 6.90. The molecule has 0 aliphatic heterocycles. The first kappa shape index (κ1) is 19.4. The molecule has 25 heavy (non-hydrogen) atoms. The molecule has 0 aromatic heterocycles. The van der Waals surface area contributed by atoms with Gasteiger partial charge >= 0.3 is 0 Å². The van der Waals surface area contributed by atoms with E-state index in [4.69, 9.17) is 4.74 Å². The van der Waals surface area contributed by atoms with Crippen molar-refractivity contribution in [2.45, 2.75) is 38.5 Å². The summed E-state index contributed by atoms with van der Waals surface area (Å²) in [5.41, 5.74) is 1.64. The zero-order valence-corrected chi connectivity index (χ0v) is 15.8. The van der Waals surface area contributed by atoms with Crippen molar-refractivity contribution in [1.29, 1.82) is 0 Å². The van der Waals surface area contributed by atoms with Gasteiger partial charge in [-0.1, -0.05) is 22.0 Å². The summed E-state index contributed by atoms with van der Waals surface area (Å²) in [7, 11) is 1.52. The van der Waals surface area contributed by atoms with E-state index in [9.17, 15) is 14.3 Å². The Kier molecular flexibility index (Phi) is 7.44. The van der Waals surface area contributed by atoms with Crippen molar-refractivity contribution in [2.24, 2.45) is 0 Å². The first-order valence-corrected chi connectivity index (χ1v) is 9.10. The molecule has 0 saturated heterocycles. The number of ketones is 1. The largest absolute Gasteiger partial charge is 0.504 e. The third-order valence-electron chi connectivity index (χ3n) is 4.10. The Labute approximate surface area is 156 Å².